The molecular formula is C10H15ClFNO. The van der Waals surface area contributed by atoms with Crippen molar-refractivity contribution >= 4 is 12.4 Å². The summed E-state index contributed by atoms with van der Waals surface area (Å²) in [6.07, 6.45) is 0. The van der Waals surface area contributed by atoms with Crippen LogP contribution in [0.2, 0.25) is 0 Å². The van der Waals surface area contributed by atoms with Crippen LogP contribution in [0.3, 0.4) is 0 Å². The summed E-state index contributed by atoms with van der Waals surface area (Å²) in [6, 6.07) is 4.92. The second kappa shape index (κ2) is 5.83. The molecule has 0 aliphatic rings. The zero-order chi connectivity index (χ0) is 9.84. The molecule has 0 heterocycles. The van der Waals surface area contributed by atoms with E-state index in [0.717, 1.165) is 16.9 Å². The van der Waals surface area contributed by atoms with E-state index >= 15 is 0 Å². The molecule has 1 aromatic rings. The van der Waals surface area contributed by atoms with E-state index in [1.165, 1.54) is 0 Å². The molecule has 0 aliphatic heterocycles. The molecule has 2 N–H and O–H groups in total. The van der Waals surface area contributed by atoms with Crippen LogP contribution >= 0.6 is 12.4 Å². The fraction of sp³-hybridized carbons (Fsp3) is 0.400. The lowest BCUT2D eigenvalue weighted by Gasteiger charge is -2.10. The normalized spacial score (nSPS) is 11.7. The Labute approximate surface area is 89.7 Å². The second-order valence-corrected chi connectivity index (χ2v) is 2.99. The highest BCUT2D eigenvalue weighted by Crippen LogP contribution is 2.21. The maximum Gasteiger partial charge on any atom is 0.121 e. The molecule has 0 aromatic heterocycles. The van der Waals surface area contributed by atoms with Gasteiger partial charge in [0.25, 0.3) is 0 Å². The first-order chi connectivity index (χ1) is 6.19. The molecule has 0 radical (unpaired) electrons. The monoisotopic (exact) mass is 219 g/mol. The maximum absolute atomic E-state index is 12.2. The molecule has 0 amide bonds. The standard InChI is InChI=1S/C10H14FNO.ClH/c1-7-5-8(9(12)6-11)3-4-10(7)13-2;/h3-5,9H,6,12H2,1-2H3;1H/t9-;/m1./s1. The maximum atomic E-state index is 12.2. The van der Waals surface area contributed by atoms with Crippen molar-refractivity contribution in [1.82, 2.24) is 0 Å². The van der Waals surface area contributed by atoms with Crippen molar-refractivity contribution in [3.8, 4) is 5.75 Å². The van der Waals surface area contributed by atoms with Crippen molar-refractivity contribution in [1.29, 1.82) is 0 Å². The molecule has 0 spiro atoms. The van der Waals surface area contributed by atoms with Gasteiger partial charge in [-0.2, -0.15) is 0 Å². The minimum absolute atomic E-state index is 0. The van der Waals surface area contributed by atoms with Crippen LogP contribution in [0.25, 0.3) is 0 Å². The third-order valence-electron chi connectivity index (χ3n) is 2.01. The van der Waals surface area contributed by atoms with Crippen LogP contribution in [0.1, 0.15) is 17.2 Å². The molecule has 0 unspecified atom stereocenters. The summed E-state index contributed by atoms with van der Waals surface area (Å²) >= 11 is 0. The molecule has 1 rings (SSSR count). The van der Waals surface area contributed by atoms with Gasteiger partial charge < -0.3 is 10.5 Å². The van der Waals surface area contributed by atoms with Crippen LogP contribution in [0.5, 0.6) is 5.75 Å². The van der Waals surface area contributed by atoms with Crippen LogP contribution in [-0.4, -0.2) is 13.8 Å². The van der Waals surface area contributed by atoms with Gasteiger partial charge in [-0.05, 0) is 24.1 Å². The number of benzene rings is 1. The molecule has 0 saturated carbocycles. The SMILES string of the molecule is COc1ccc([C@H](N)CF)cc1C.Cl. The van der Waals surface area contributed by atoms with E-state index in [2.05, 4.69) is 0 Å². The second-order valence-electron chi connectivity index (χ2n) is 2.99. The molecule has 4 heteroatoms. The number of hydrogen-bond donors (Lipinski definition) is 1. The van der Waals surface area contributed by atoms with Gasteiger partial charge in [0.05, 0.1) is 13.2 Å². The number of nitrogens with two attached hydrogens (primary N) is 1. The third-order valence-corrected chi connectivity index (χ3v) is 2.01. The van der Waals surface area contributed by atoms with E-state index in [-0.39, 0.29) is 12.4 Å². The minimum atomic E-state index is -0.536. The third kappa shape index (κ3) is 2.86. The Morgan fingerprint density at radius 2 is 2.14 bits per heavy atom. The van der Waals surface area contributed by atoms with Gasteiger partial charge in [0.15, 0.2) is 0 Å². The predicted molar refractivity (Wildman–Crippen MR) is 57.9 cm³/mol. The summed E-state index contributed by atoms with van der Waals surface area (Å²) in [5, 5.41) is 0. The van der Waals surface area contributed by atoms with Crippen LogP contribution in [0.4, 0.5) is 4.39 Å². The average Bonchev–Trinajstić information content (AvgIpc) is 2.16. The highest BCUT2D eigenvalue weighted by atomic mass is 35.5. The average molecular weight is 220 g/mol. The van der Waals surface area contributed by atoms with Gasteiger partial charge in [0.1, 0.15) is 12.4 Å². The smallest absolute Gasteiger partial charge is 0.121 e. The summed E-state index contributed by atoms with van der Waals surface area (Å²) in [6.45, 7) is 1.37. The summed E-state index contributed by atoms with van der Waals surface area (Å²) in [4.78, 5) is 0. The van der Waals surface area contributed by atoms with Crippen LogP contribution in [-0.2, 0) is 0 Å². The van der Waals surface area contributed by atoms with E-state index in [1.807, 2.05) is 13.0 Å². The molecule has 0 aliphatic carbocycles. The number of methoxy groups -OCH3 is 1. The summed E-state index contributed by atoms with van der Waals surface area (Å²) in [5.41, 5.74) is 7.32. The number of hydrogen-bond acceptors (Lipinski definition) is 2. The fourth-order valence-corrected chi connectivity index (χ4v) is 1.22. The van der Waals surface area contributed by atoms with Crippen molar-refractivity contribution in [3.05, 3.63) is 29.3 Å². The van der Waals surface area contributed by atoms with Crippen LogP contribution in [0.15, 0.2) is 18.2 Å². The van der Waals surface area contributed by atoms with Gasteiger partial charge in [-0.3, -0.25) is 0 Å². The molecule has 1 aromatic carbocycles. The van der Waals surface area contributed by atoms with Crippen molar-refractivity contribution in [2.75, 3.05) is 13.8 Å². The van der Waals surface area contributed by atoms with Crippen LogP contribution < -0.4 is 10.5 Å². The Bertz CT molecular complexity index is 293. The van der Waals surface area contributed by atoms with Crippen molar-refractivity contribution < 1.29 is 9.13 Å². The van der Waals surface area contributed by atoms with E-state index in [1.54, 1.807) is 19.2 Å². The Kier molecular flexibility index (Phi) is 5.50. The lowest BCUT2D eigenvalue weighted by atomic mass is 10.1. The highest BCUT2D eigenvalue weighted by Gasteiger charge is 2.06. The van der Waals surface area contributed by atoms with E-state index in [9.17, 15) is 4.39 Å². The van der Waals surface area contributed by atoms with E-state index in [4.69, 9.17) is 10.5 Å². The molecule has 0 fully saturated rings. The van der Waals surface area contributed by atoms with Gasteiger partial charge in [0, 0.05) is 0 Å². The van der Waals surface area contributed by atoms with Gasteiger partial charge in [-0.15, -0.1) is 12.4 Å². The Hall–Kier alpha value is -0.800. The quantitative estimate of drug-likeness (QED) is 0.848. The Morgan fingerprint density at radius 1 is 1.50 bits per heavy atom. The first-order valence-corrected chi connectivity index (χ1v) is 4.15. The van der Waals surface area contributed by atoms with Crippen molar-refractivity contribution in [2.24, 2.45) is 5.73 Å². The fourth-order valence-electron chi connectivity index (χ4n) is 1.22. The van der Waals surface area contributed by atoms with Gasteiger partial charge in [-0.25, -0.2) is 4.39 Å². The first-order valence-electron chi connectivity index (χ1n) is 4.15. The first kappa shape index (κ1) is 13.2. The van der Waals surface area contributed by atoms with Gasteiger partial charge in [-0.1, -0.05) is 12.1 Å². The number of rotatable bonds is 3. The molecule has 0 bridgehead atoms. The van der Waals surface area contributed by atoms with Gasteiger partial charge in [0.2, 0.25) is 0 Å². The molecule has 0 saturated heterocycles. The Morgan fingerprint density at radius 3 is 2.57 bits per heavy atom. The van der Waals surface area contributed by atoms with E-state index < -0.39 is 12.7 Å². The molecule has 80 valence electrons. The molecule has 14 heavy (non-hydrogen) atoms. The van der Waals surface area contributed by atoms with Crippen LogP contribution in [0, 0.1) is 6.92 Å². The Balaban J connectivity index is 0.00000169. The lowest BCUT2D eigenvalue weighted by Crippen LogP contribution is -2.12. The molecule has 1 atom stereocenters. The van der Waals surface area contributed by atoms with E-state index in [0.29, 0.717) is 0 Å². The minimum Gasteiger partial charge on any atom is -0.496 e. The van der Waals surface area contributed by atoms with Crippen molar-refractivity contribution in [2.45, 2.75) is 13.0 Å². The number of aryl methyl sites for hydroxylation is 1. The lowest BCUT2D eigenvalue weighted by molar-refractivity contribution is 0.410. The van der Waals surface area contributed by atoms with Gasteiger partial charge >= 0.3 is 0 Å². The largest absolute Gasteiger partial charge is 0.496 e. The molecule has 2 nitrogen and oxygen atoms in total. The number of alkyl halides is 1. The number of ether oxygens (including phenoxy) is 1. The zero-order valence-electron chi connectivity index (χ0n) is 8.29. The summed E-state index contributed by atoms with van der Waals surface area (Å²) < 4.78 is 17.3. The molecular weight excluding hydrogens is 205 g/mol. The van der Waals surface area contributed by atoms with Crippen molar-refractivity contribution in [3.63, 3.8) is 0 Å². The zero-order valence-corrected chi connectivity index (χ0v) is 9.10. The predicted octanol–water partition coefficient (Wildman–Crippen LogP) is 2.39. The topological polar surface area (TPSA) is 35.2 Å². The summed E-state index contributed by atoms with van der Waals surface area (Å²) in [5.74, 6) is 0.801. The summed E-state index contributed by atoms with van der Waals surface area (Å²) in [7, 11) is 1.61. The highest BCUT2D eigenvalue weighted by molar-refractivity contribution is 5.85. The number of halogens is 2.